The molecule has 0 unspecified atom stereocenters. The van der Waals surface area contributed by atoms with Crippen molar-refractivity contribution >= 4 is 21.2 Å². The quantitative estimate of drug-likeness (QED) is 0.815. The molecule has 3 rings (SSSR count). The number of aromatic nitrogens is 2. The van der Waals surface area contributed by atoms with Crippen molar-refractivity contribution in [1.82, 2.24) is 15.1 Å². The Morgan fingerprint density at radius 2 is 2.24 bits per heavy atom. The first-order chi connectivity index (χ1) is 9.75. The van der Waals surface area contributed by atoms with Gasteiger partial charge < -0.3 is 0 Å². The molecule has 10 heteroatoms. The molecule has 2 saturated heterocycles. The Hall–Kier alpha value is -0.740. The molecule has 1 aromatic heterocycles. The zero-order valence-electron chi connectivity index (χ0n) is 11.0. The van der Waals surface area contributed by atoms with E-state index in [0.29, 0.717) is 5.01 Å². The molecule has 2 fully saturated rings. The normalized spacial score (nSPS) is 33.0. The third kappa shape index (κ3) is 2.46. The molecule has 3 heterocycles. The largest absolute Gasteiger partial charge is 0.397 e. The van der Waals surface area contributed by atoms with Crippen molar-refractivity contribution in [2.75, 3.05) is 18.8 Å². The highest BCUT2D eigenvalue weighted by Gasteiger charge is 2.67. The van der Waals surface area contributed by atoms with Gasteiger partial charge in [0.05, 0.1) is 23.0 Å². The van der Waals surface area contributed by atoms with Gasteiger partial charge in [0.15, 0.2) is 9.84 Å². The molecule has 2 aliphatic rings. The Labute approximate surface area is 124 Å². The van der Waals surface area contributed by atoms with Crippen LogP contribution in [-0.2, 0) is 16.4 Å². The molecular weight excluding hydrogens is 327 g/mol. The molecule has 0 spiro atoms. The van der Waals surface area contributed by atoms with Gasteiger partial charge in [0.1, 0.15) is 10.5 Å². The van der Waals surface area contributed by atoms with Crippen LogP contribution < -0.4 is 0 Å². The third-order valence-corrected chi connectivity index (χ3v) is 7.37. The van der Waals surface area contributed by atoms with Crippen LogP contribution in [0.25, 0.3) is 0 Å². The molecule has 0 N–H and O–H groups in total. The van der Waals surface area contributed by atoms with Crippen molar-refractivity contribution in [2.45, 2.75) is 30.8 Å². The summed E-state index contributed by atoms with van der Waals surface area (Å²) < 4.78 is 64.9. The maximum Gasteiger partial charge on any atom is 0.397 e. The zero-order valence-corrected chi connectivity index (χ0v) is 12.6. The fourth-order valence-electron chi connectivity index (χ4n) is 3.39. The summed E-state index contributed by atoms with van der Waals surface area (Å²) in [5, 5.41) is 6.71. The van der Waals surface area contributed by atoms with Gasteiger partial charge in [0, 0.05) is 13.1 Å². The van der Waals surface area contributed by atoms with Crippen LogP contribution >= 0.6 is 11.3 Å². The van der Waals surface area contributed by atoms with Crippen LogP contribution in [0.5, 0.6) is 0 Å². The predicted octanol–water partition coefficient (Wildman–Crippen LogP) is 1.48. The monoisotopic (exact) mass is 341 g/mol. The summed E-state index contributed by atoms with van der Waals surface area (Å²) in [6, 6.07) is 0. The van der Waals surface area contributed by atoms with Crippen LogP contribution in [0.4, 0.5) is 13.2 Å². The maximum absolute atomic E-state index is 13.6. The predicted molar refractivity (Wildman–Crippen MR) is 70.5 cm³/mol. The van der Waals surface area contributed by atoms with Gasteiger partial charge in [-0.15, -0.1) is 21.5 Å². The first-order valence-electron chi connectivity index (χ1n) is 6.50. The Kier molecular flexibility index (Phi) is 3.53. The fourth-order valence-corrected chi connectivity index (χ4v) is 6.24. The summed E-state index contributed by atoms with van der Waals surface area (Å²) >= 11 is 1.25. The van der Waals surface area contributed by atoms with Crippen molar-refractivity contribution in [1.29, 1.82) is 0 Å². The molecule has 2 aliphatic heterocycles. The van der Waals surface area contributed by atoms with Crippen LogP contribution in [0.3, 0.4) is 0 Å². The number of halogens is 3. The molecule has 0 saturated carbocycles. The Bertz CT molecular complexity index is 617. The summed E-state index contributed by atoms with van der Waals surface area (Å²) in [6.07, 6.45) is -4.56. The topological polar surface area (TPSA) is 63.2 Å². The molecule has 1 aromatic rings. The SMILES string of the molecule is O=S1(=O)CCC[C@@]2(C(F)(F)F)CN(Cc3nncs3)C[C@H]21. The number of hydrogen-bond acceptors (Lipinski definition) is 6. The van der Waals surface area contributed by atoms with Crippen LogP contribution in [-0.4, -0.2) is 53.8 Å². The molecule has 0 bridgehead atoms. The van der Waals surface area contributed by atoms with Gasteiger partial charge in [-0.3, -0.25) is 4.90 Å². The van der Waals surface area contributed by atoms with Gasteiger partial charge in [-0.1, -0.05) is 0 Å². The first-order valence-corrected chi connectivity index (χ1v) is 9.10. The van der Waals surface area contributed by atoms with E-state index in [1.807, 2.05) is 0 Å². The lowest BCUT2D eigenvalue weighted by Gasteiger charge is -2.39. The van der Waals surface area contributed by atoms with E-state index in [2.05, 4.69) is 10.2 Å². The second kappa shape index (κ2) is 4.88. The molecule has 0 aliphatic carbocycles. The fraction of sp³-hybridized carbons (Fsp3) is 0.818. The smallest absolute Gasteiger partial charge is 0.294 e. The molecule has 0 amide bonds. The number of fused-ring (bicyclic) bond motifs is 1. The van der Waals surface area contributed by atoms with E-state index in [1.165, 1.54) is 16.8 Å². The summed E-state index contributed by atoms with van der Waals surface area (Å²) in [5.74, 6) is -0.151. The van der Waals surface area contributed by atoms with E-state index in [0.717, 1.165) is 0 Å². The van der Waals surface area contributed by atoms with Crippen molar-refractivity contribution in [3.05, 3.63) is 10.5 Å². The van der Waals surface area contributed by atoms with Crippen molar-refractivity contribution in [3.8, 4) is 0 Å². The molecule has 0 radical (unpaired) electrons. The van der Waals surface area contributed by atoms with E-state index in [9.17, 15) is 21.6 Å². The standard InChI is InChI=1S/C11H14F3N3O2S2/c12-11(13,14)10-2-1-3-21(18,19)8(10)4-17(6-10)5-9-16-15-7-20-9/h7-8H,1-6H2/t8-,10-/m1/s1. The molecule has 2 atom stereocenters. The summed E-state index contributed by atoms with van der Waals surface area (Å²) in [7, 11) is -3.71. The molecule has 118 valence electrons. The highest BCUT2D eigenvalue weighted by molar-refractivity contribution is 7.92. The summed E-state index contributed by atoms with van der Waals surface area (Å²) in [4.78, 5) is 1.54. The third-order valence-electron chi connectivity index (χ3n) is 4.36. The summed E-state index contributed by atoms with van der Waals surface area (Å²) in [5.41, 5.74) is -0.622. The van der Waals surface area contributed by atoms with Crippen LogP contribution in [0, 0.1) is 5.41 Å². The Balaban J connectivity index is 1.92. The minimum absolute atomic E-state index is 0.0744. The average Bonchev–Trinajstić information content (AvgIpc) is 2.96. The van der Waals surface area contributed by atoms with Gasteiger partial charge in [-0.25, -0.2) is 8.42 Å². The van der Waals surface area contributed by atoms with Crippen LogP contribution in [0.15, 0.2) is 5.51 Å². The number of sulfone groups is 1. The van der Waals surface area contributed by atoms with Gasteiger partial charge >= 0.3 is 6.18 Å². The average molecular weight is 341 g/mol. The lowest BCUT2D eigenvalue weighted by molar-refractivity contribution is -0.221. The second-order valence-corrected chi connectivity index (χ2v) is 8.84. The van der Waals surface area contributed by atoms with Gasteiger partial charge in [0.25, 0.3) is 0 Å². The highest BCUT2D eigenvalue weighted by atomic mass is 32.2. The molecule has 5 nitrogen and oxygen atoms in total. The lowest BCUT2D eigenvalue weighted by atomic mass is 9.81. The van der Waals surface area contributed by atoms with Gasteiger partial charge in [0.2, 0.25) is 0 Å². The molecule has 0 aromatic carbocycles. The van der Waals surface area contributed by atoms with Crippen molar-refractivity contribution in [2.24, 2.45) is 5.41 Å². The molecule has 21 heavy (non-hydrogen) atoms. The van der Waals surface area contributed by atoms with Crippen molar-refractivity contribution in [3.63, 3.8) is 0 Å². The van der Waals surface area contributed by atoms with E-state index >= 15 is 0 Å². The summed E-state index contributed by atoms with van der Waals surface area (Å²) in [6.45, 7) is -0.143. The number of nitrogens with zero attached hydrogens (tertiary/aromatic N) is 3. The molecular formula is C11H14F3N3O2S2. The number of hydrogen-bond donors (Lipinski definition) is 0. The lowest BCUT2D eigenvalue weighted by Crippen LogP contribution is -2.53. The number of rotatable bonds is 2. The Morgan fingerprint density at radius 1 is 1.48 bits per heavy atom. The van der Waals surface area contributed by atoms with Gasteiger partial charge in [-0.2, -0.15) is 13.2 Å². The maximum atomic E-state index is 13.6. The van der Waals surface area contributed by atoms with E-state index in [-0.39, 0.29) is 38.2 Å². The van der Waals surface area contributed by atoms with Gasteiger partial charge in [-0.05, 0) is 12.8 Å². The minimum atomic E-state index is -4.51. The van der Waals surface area contributed by atoms with E-state index in [4.69, 9.17) is 0 Å². The Morgan fingerprint density at radius 3 is 2.81 bits per heavy atom. The number of likely N-dealkylation sites (tertiary alicyclic amines) is 1. The zero-order chi connectivity index (χ0) is 15.3. The van der Waals surface area contributed by atoms with E-state index in [1.54, 1.807) is 4.90 Å². The minimum Gasteiger partial charge on any atom is -0.294 e. The highest BCUT2D eigenvalue weighted by Crippen LogP contribution is 2.53. The second-order valence-electron chi connectivity index (χ2n) is 5.62. The number of alkyl halides is 3. The first kappa shape index (κ1) is 15.2. The van der Waals surface area contributed by atoms with Crippen LogP contribution in [0.2, 0.25) is 0 Å². The van der Waals surface area contributed by atoms with Crippen molar-refractivity contribution < 1.29 is 21.6 Å². The van der Waals surface area contributed by atoms with Crippen LogP contribution in [0.1, 0.15) is 17.8 Å². The van der Waals surface area contributed by atoms with E-state index < -0.39 is 26.7 Å².